The first-order valence-electron chi connectivity index (χ1n) is 20.0. The molecule has 5 N–H and O–H groups in total. The van der Waals surface area contributed by atoms with Crippen LogP contribution in [0.1, 0.15) is 44.4 Å². The molecular formula is C45H52N8O9S2. The van der Waals surface area contributed by atoms with Crippen molar-refractivity contribution in [3.05, 3.63) is 120 Å². The molecule has 17 nitrogen and oxygen atoms in total. The van der Waals surface area contributed by atoms with Crippen LogP contribution in [0.2, 0.25) is 0 Å². The molecular weight excluding hydrogens is 861 g/mol. The third-order valence-corrected chi connectivity index (χ3v) is 14.4. The molecule has 5 aromatic carbocycles. The van der Waals surface area contributed by atoms with Gasteiger partial charge < -0.3 is 30.8 Å². The van der Waals surface area contributed by atoms with E-state index in [9.17, 15) is 9.90 Å². The van der Waals surface area contributed by atoms with Crippen LogP contribution in [0.25, 0.3) is 22.5 Å². The number of tetrazole rings is 1. The smallest absolute Gasteiger partial charge is 0.408 e. The van der Waals surface area contributed by atoms with Gasteiger partial charge in [0.1, 0.15) is 22.1 Å². The fourth-order valence-electron chi connectivity index (χ4n) is 7.48. The molecule has 19 heteroatoms. The Bertz CT molecular complexity index is 2780. The van der Waals surface area contributed by atoms with Gasteiger partial charge in [-0.2, -0.15) is 9.10 Å². The van der Waals surface area contributed by atoms with Crippen molar-refractivity contribution >= 4 is 37.3 Å². The molecule has 0 aliphatic rings. The zero-order chi connectivity index (χ0) is 46.6. The second kappa shape index (κ2) is 19.0. The van der Waals surface area contributed by atoms with E-state index in [0.29, 0.717) is 28.4 Å². The Labute approximate surface area is 373 Å². The molecule has 0 bridgehead atoms. The van der Waals surface area contributed by atoms with Crippen molar-refractivity contribution in [2.45, 2.75) is 68.7 Å². The van der Waals surface area contributed by atoms with Crippen LogP contribution in [0.15, 0.2) is 113 Å². The maximum absolute atomic E-state index is 16.0. The van der Waals surface area contributed by atoms with Crippen LogP contribution in [0.3, 0.4) is 0 Å². The highest BCUT2D eigenvalue weighted by Crippen LogP contribution is 2.44. The standard InChI is InChI=1S/C45H52N8O9S2/c1-29(53(44(54)55)45(2,3)4)28-63(56,57)39-24-23-36(37-9-8-10-38(46)41(37)47)40(43-48-50-52(49-43)27-32-15-21-35(62-7)22-16-32)42(39)64(58,59)51(25-30-11-17-33(60-5)18-12-30)26-31-13-19-34(61-6)20-14-31/h8-24,29H,25-28,46-47H2,1-7H3,(H,54,55). The molecule has 0 fully saturated rings. The number of benzene rings is 5. The van der Waals surface area contributed by atoms with Gasteiger partial charge in [0.05, 0.1) is 55.5 Å². The summed E-state index contributed by atoms with van der Waals surface area (Å²) in [7, 11) is -5.10. The monoisotopic (exact) mass is 912 g/mol. The van der Waals surface area contributed by atoms with Crippen LogP contribution >= 0.6 is 0 Å². The molecule has 0 saturated carbocycles. The zero-order valence-electron chi connectivity index (χ0n) is 36.6. The van der Waals surface area contributed by atoms with Gasteiger partial charge in [-0.1, -0.05) is 54.6 Å². The average molecular weight is 913 g/mol. The molecule has 0 aliphatic carbocycles. The van der Waals surface area contributed by atoms with Crippen LogP contribution in [-0.2, 0) is 39.5 Å². The summed E-state index contributed by atoms with van der Waals surface area (Å²) >= 11 is 0. The Morgan fingerprint density at radius 3 is 1.75 bits per heavy atom. The van der Waals surface area contributed by atoms with E-state index in [1.165, 1.54) is 38.1 Å². The molecule has 1 atom stereocenters. The van der Waals surface area contributed by atoms with Crippen molar-refractivity contribution in [1.29, 1.82) is 0 Å². The number of ether oxygens (including phenoxy) is 3. The highest BCUT2D eigenvalue weighted by Gasteiger charge is 2.40. The molecule has 6 rings (SSSR count). The van der Waals surface area contributed by atoms with Crippen molar-refractivity contribution in [2.75, 3.05) is 38.5 Å². The first-order chi connectivity index (χ1) is 30.3. The normalized spacial score (nSPS) is 12.5. The minimum atomic E-state index is -4.97. The number of carbonyl (C=O) groups is 1. The quantitative estimate of drug-likeness (QED) is 0.0821. The van der Waals surface area contributed by atoms with Crippen molar-refractivity contribution in [2.24, 2.45) is 0 Å². The van der Waals surface area contributed by atoms with Gasteiger partial charge in [-0.15, -0.1) is 10.2 Å². The number of anilines is 2. The summed E-state index contributed by atoms with van der Waals surface area (Å²) in [5.41, 5.74) is 14.2. The number of para-hydroxylation sites is 1. The largest absolute Gasteiger partial charge is 0.497 e. The minimum Gasteiger partial charge on any atom is -0.497 e. The Balaban J connectivity index is 1.66. The summed E-state index contributed by atoms with van der Waals surface area (Å²) in [5.74, 6) is 0.697. The van der Waals surface area contributed by atoms with Crippen LogP contribution < -0.4 is 25.7 Å². The predicted molar refractivity (Wildman–Crippen MR) is 243 cm³/mol. The molecule has 6 aromatic rings. The summed E-state index contributed by atoms with van der Waals surface area (Å²) in [6.45, 7) is 6.02. The third kappa shape index (κ3) is 10.2. The topological polar surface area (TPSA) is 235 Å². The summed E-state index contributed by atoms with van der Waals surface area (Å²) in [4.78, 5) is 13.6. The van der Waals surface area contributed by atoms with E-state index in [1.807, 2.05) is 0 Å². The lowest BCUT2D eigenvalue weighted by Gasteiger charge is -2.38. The highest BCUT2D eigenvalue weighted by molar-refractivity contribution is 7.93. The lowest BCUT2D eigenvalue weighted by Crippen LogP contribution is -2.52. The Morgan fingerprint density at radius 1 is 0.750 bits per heavy atom. The number of rotatable bonds is 17. The van der Waals surface area contributed by atoms with Gasteiger partial charge >= 0.3 is 6.09 Å². The summed E-state index contributed by atoms with van der Waals surface area (Å²) in [5, 5.41) is 23.6. The second-order valence-corrected chi connectivity index (χ2v) is 19.9. The van der Waals surface area contributed by atoms with E-state index in [2.05, 4.69) is 15.4 Å². The number of hydrogen-bond donors (Lipinski definition) is 3. The lowest BCUT2D eigenvalue weighted by atomic mass is 9.97. The molecule has 64 heavy (non-hydrogen) atoms. The number of nitrogens with two attached hydrogens (primary N) is 2. The van der Waals surface area contributed by atoms with Crippen LogP contribution in [0.4, 0.5) is 16.2 Å². The van der Waals surface area contributed by atoms with Crippen molar-refractivity contribution < 1.29 is 40.9 Å². The number of amides is 1. The van der Waals surface area contributed by atoms with Crippen LogP contribution in [0.5, 0.6) is 17.2 Å². The maximum atomic E-state index is 16.0. The van der Waals surface area contributed by atoms with E-state index in [0.717, 1.165) is 14.8 Å². The number of aromatic nitrogens is 4. The van der Waals surface area contributed by atoms with Gasteiger partial charge in [0.15, 0.2) is 9.84 Å². The molecule has 0 aliphatic heterocycles. The zero-order valence-corrected chi connectivity index (χ0v) is 38.2. The summed E-state index contributed by atoms with van der Waals surface area (Å²) < 4.78 is 79.2. The number of nitrogen functional groups attached to an aromatic ring is 2. The number of sulfone groups is 1. The van der Waals surface area contributed by atoms with Gasteiger partial charge in [0, 0.05) is 30.2 Å². The highest BCUT2D eigenvalue weighted by atomic mass is 32.2. The molecule has 0 radical (unpaired) electrons. The third-order valence-electron chi connectivity index (χ3n) is 10.5. The lowest BCUT2D eigenvalue weighted by molar-refractivity contribution is 0.0815. The first-order valence-corrected chi connectivity index (χ1v) is 23.1. The number of methoxy groups -OCH3 is 3. The molecule has 338 valence electrons. The number of sulfonamides is 1. The molecule has 1 heterocycles. The summed E-state index contributed by atoms with van der Waals surface area (Å²) in [6.07, 6.45) is -1.35. The Kier molecular flexibility index (Phi) is 13.9. The van der Waals surface area contributed by atoms with Crippen LogP contribution in [0, 0.1) is 0 Å². The van der Waals surface area contributed by atoms with E-state index < -0.39 is 53.1 Å². The predicted octanol–water partition coefficient (Wildman–Crippen LogP) is 6.58. The number of hydrogen-bond acceptors (Lipinski definition) is 13. The maximum Gasteiger partial charge on any atom is 0.408 e. The fraction of sp³-hybridized carbons (Fsp3) is 0.289. The number of nitrogens with zero attached hydrogens (tertiary/aromatic N) is 6. The molecule has 0 spiro atoms. The Hall–Kier alpha value is -6.70. The van der Waals surface area contributed by atoms with Crippen LogP contribution in [-0.4, -0.2) is 96.1 Å². The van der Waals surface area contributed by atoms with Crippen molar-refractivity contribution in [3.63, 3.8) is 0 Å². The van der Waals surface area contributed by atoms with E-state index in [4.69, 9.17) is 25.7 Å². The van der Waals surface area contributed by atoms with Crippen molar-refractivity contribution in [1.82, 2.24) is 29.4 Å². The SMILES string of the molecule is COc1ccc(CN(Cc2ccc(OC)cc2)S(=O)(=O)c2c(S(=O)(=O)CC(C)N(C(=O)O)C(C)(C)C)ccc(-c3cccc(N)c3N)c2-c2nnn(Cc3ccc(OC)cc3)n2)cc1. The van der Waals surface area contributed by atoms with Gasteiger partial charge in [-0.05, 0) is 104 Å². The average Bonchev–Trinajstić information content (AvgIpc) is 3.71. The fourth-order valence-corrected chi connectivity index (χ4v) is 11.5. The molecule has 0 saturated heterocycles. The van der Waals surface area contributed by atoms with E-state index in [-0.39, 0.29) is 53.5 Å². The van der Waals surface area contributed by atoms with Crippen molar-refractivity contribution in [3.8, 4) is 39.8 Å². The van der Waals surface area contributed by atoms with Gasteiger partial charge in [-0.3, -0.25) is 4.90 Å². The summed E-state index contributed by atoms with van der Waals surface area (Å²) in [6, 6.07) is 27.0. The molecule has 1 unspecified atom stereocenters. The second-order valence-electron chi connectivity index (χ2n) is 16.0. The molecule has 1 amide bonds. The van der Waals surface area contributed by atoms with E-state index >= 15 is 16.8 Å². The van der Waals surface area contributed by atoms with Gasteiger partial charge in [-0.25, -0.2) is 21.6 Å². The van der Waals surface area contributed by atoms with Gasteiger partial charge in [0.2, 0.25) is 15.8 Å². The first kappa shape index (κ1) is 46.8. The van der Waals surface area contributed by atoms with E-state index in [1.54, 1.807) is 119 Å². The minimum absolute atomic E-state index is 0.0950. The molecule has 1 aromatic heterocycles. The van der Waals surface area contributed by atoms with Gasteiger partial charge in [0.25, 0.3) is 0 Å². The Morgan fingerprint density at radius 2 is 1.27 bits per heavy atom. The number of carboxylic acid groups (broad SMARTS) is 1.